The number of amides is 1. The maximum Gasteiger partial charge on any atom is 0.410 e. The van der Waals surface area contributed by atoms with Crippen LogP contribution in [0.3, 0.4) is 0 Å². The van der Waals surface area contributed by atoms with Crippen molar-refractivity contribution in [3.05, 3.63) is 11.3 Å². The molecule has 0 aliphatic carbocycles. The maximum atomic E-state index is 12.2. The zero-order valence-electron chi connectivity index (χ0n) is 18.8. The van der Waals surface area contributed by atoms with Gasteiger partial charge in [0.1, 0.15) is 11.4 Å². The lowest BCUT2D eigenvalue weighted by molar-refractivity contribution is 0.0144. The van der Waals surface area contributed by atoms with Gasteiger partial charge in [-0.25, -0.2) is 9.78 Å². The number of rotatable bonds is 8. The van der Waals surface area contributed by atoms with Crippen molar-refractivity contribution in [1.29, 1.82) is 0 Å². The van der Waals surface area contributed by atoms with Gasteiger partial charge in [0.2, 0.25) is 5.95 Å². The summed E-state index contributed by atoms with van der Waals surface area (Å²) in [7, 11) is 0. The number of unbranched alkanes of at least 4 members (excludes halogenated alkanes) is 1. The molecule has 1 fully saturated rings. The van der Waals surface area contributed by atoms with Crippen LogP contribution in [-0.2, 0) is 11.2 Å². The molecule has 0 radical (unpaired) electrons. The molecule has 8 nitrogen and oxygen atoms in total. The van der Waals surface area contributed by atoms with Crippen LogP contribution in [0.25, 0.3) is 0 Å². The SMILES string of the molecule is CCCCNc1nc(N)nc(C)c1CCCN1CCN(C(=O)OC(C)(C)C)CC1. The van der Waals surface area contributed by atoms with Gasteiger partial charge in [0.15, 0.2) is 0 Å². The summed E-state index contributed by atoms with van der Waals surface area (Å²) >= 11 is 0. The molecule has 0 unspecified atom stereocenters. The van der Waals surface area contributed by atoms with Gasteiger partial charge in [0, 0.05) is 44.0 Å². The van der Waals surface area contributed by atoms with Crippen LogP contribution in [0.4, 0.5) is 16.6 Å². The minimum Gasteiger partial charge on any atom is -0.444 e. The van der Waals surface area contributed by atoms with Crippen LogP contribution in [0.2, 0.25) is 0 Å². The van der Waals surface area contributed by atoms with E-state index in [0.29, 0.717) is 19.0 Å². The number of nitrogens with zero attached hydrogens (tertiary/aromatic N) is 4. The van der Waals surface area contributed by atoms with Crippen molar-refractivity contribution in [2.75, 3.05) is 50.3 Å². The van der Waals surface area contributed by atoms with E-state index in [9.17, 15) is 4.79 Å². The van der Waals surface area contributed by atoms with Crippen molar-refractivity contribution < 1.29 is 9.53 Å². The summed E-state index contributed by atoms with van der Waals surface area (Å²) in [5.74, 6) is 1.20. The van der Waals surface area contributed by atoms with Gasteiger partial charge in [-0.15, -0.1) is 0 Å². The summed E-state index contributed by atoms with van der Waals surface area (Å²) in [6.45, 7) is 14.9. The standard InChI is InChI=1S/C21H38N6O2/c1-6-7-10-23-18-17(16(2)24-19(22)25-18)9-8-11-26-12-14-27(15-13-26)20(28)29-21(3,4)5/h6-15H2,1-5H3,(H3,22,23,24,25). The van der Waals surface area contributed by atoms with Gasteiger partial charge in [-0.2, -0.15) is 4.98 Å². The molecule has 29 heavy (non-hydrogen) atoms. The second kappa shape index (κ2) is 10.6. The predicted octanol–water partition coefficient (Wildman–Crippen LogP) is 3.06. The Morgan fingerprint density at radius 1 is 1.17 bits per heavy atom. The molecule has 3 N–H and O–H groups in total. The van der Waals surface area contributed by atoms with E-state index >= 15 is 0 Å². The second-order valence-electron chi connectivity index (χ2n) is 8.69. The molecule has 1 aliphatic rings. The number of hydrogen-bond acceptors (Lipinski definition) is 7. The first kappa shape index (κ1) is 23.2. The minimum absolute atomic E-state index is 0.213. The summed E-state index contributed by atoms with van der Waals surface area (Å²) < 4.78 is 5.47. The molecule has 1 amide bonds. The van der Waals surface area contributed by atoms with Crippen LogP contribution >= 0.6 is 0 Å². The highest BCUT2D eigenvalue weighted by Crippen LogP contribution is 2.20. The molecule has 164 valence electrons. The average Bonchev–Trinajstić information content (AvgIpc) is 2.63. The quantitative estimate of drug-likeness (QED) is 0.640. The normalized spacial score (nSPS) is 15.4. The number of piperazine rings is 1. The lowest BCUT2D eigenvalue weighted by Crippen LogP contribution is -2.50. The van der Waals surface area contributed by atoms with Crippen molar-refractivity contribution in [3.8, 4) is 0 Å². The van der Waals surface area contributed by atoms with Gasteiger partial charge in [0.25, 0.3) is 0 Å². The molecule has 0 saturated carbocycles. The van der Waals surface area contributed by atoms with Crippen molar-refractivity contribution >= 4 is 17.9 Å². The first-order valence-corrected chi connectivity index (χ1v) is 10.8. The molecule has 0 bridgehead atoms. The molecule has 0 spiro atoms. The van der Waals surface area contributed by atoms with E-state index in [1.165, 1.54) is 0 Å². The Morgan fingerprint density at radius 3 is 2.48 bits per heavy atom. The number of carbonyl (C=O) groups excluding carboxylic acids is 1. The third kappa shape index (κ3) is 7.68. The number of nitrogen functional groups attached to an aromatic ring is 1. The van der Waals surface area contributed by atoms with E-state index in [-0.39, 0.29) is 6.09 Å². The van der Waals surface area contributed by atoms with Gasteiger partial charge < -0.3 is 20.7 Å². The van der Waals surface area contributed by atoms with Gasteiger partial charge in [0.05, 0.1) is 0 Å². The van der Waals surface area contributed by atoms with Crippen LogP contribution in [0.1, 0.15) is 58.2 Å². The molecular formula is C21H38N6O2. The monoisotopic (exact) mass is 406 g/mol. The molecular weight excluding hydrogens is 368 g/mol. The van der Waals surface area contributed by atoms with E-state index in [1.54, 1.807) is 4.90 Å². The fourth-order valence-corrected chi connectivity index (χ4v) is 3.41. The number of aryl methyl sites for hydroxylation is 1. The number of ether oxygens (including phenoxy) is 1. The van der Waals surface area contributed by atoms with E-state index in [1.807, 2.05) is 27.7 Å². The van der Waals surface area contributed by atoms with Crippen molar-refractivity contribution in [2.24, 2.45) is 0 Å². The molecule has 1 aromatic rings. The Kier molecular flexibility index (Phi) is 8.49. The highest BCUT2D eigenvalue weighted by Gasteiger charge is 2.25. The van der Waals surface area contributed by atoms with E-state index in [2.05, 4.69) is 27.1 Å². The maximum absolute atomic E-state index is 12.2. The highest BCUT2D eigenvalue weighted by atomic mass is 16.6. The Hall–Kier alpha value is -2.09. The van der Waals surface area contributed by atoms with Crippen LogP contribution < -0.4 is 11.1 Å². The van der Waals surface area contributed by atoms with E-state index < -0.39 is 5.60 Å². The topological polar surface area (TPSA) is 96.6 Å². The zero-order valence-corrected chi connectivity index (χ0v) is 18.8. The zero-order chi connectivity index (χ0) is 21.4. The number of carbonyl (C=O) groups is 1. The summed E-state index contributed by atoms with van der Waals surface area (Å²) in [6, 6.07) is 0. The fraction of sp³-hybridized carbons (Fsp3) is 0.762. The summed E-state index contributed by atoms with van der Waals surface area (Å²) in [5.41, 5.74) is 7.50. The number of anilines is 2. The predicted molar refractivity (Wildman–Crippen MR) is 117 cm³/mol. The number of nitrogens with two attached hydrogens (primary N) is 1. The summed E-state index contributed by atoms with van der Waals surface area (Å²) in [6.07, 6.45) is 3.95. The Balaban J connectivity index is 1.81. The van der Waals surface area contributed by atoms with E-state index in [0.717, 1.165) is 68.9 Å². The van der Waals surface area contributed by atoms with Gasteiger partial charge >= 0.3 is 6.09 Å². The average molecular weight is 407 g/mol. The third-order valence-electron chi connectivity index (χ3n) is 4.98. The minimum atomic E-state index is -0.448. The van der Waals surface area contributed by atoms with Crippen LogP contribution in [-0.4, -0.2) is 70.7 Å². The first-order chi connectivity index (χ1) is 13.7. The van der Waals surface area contributed by atoms with Crippen LogP contribution in [0.15, 0.2) is 0 Å². The smallest absolute Gasteiger partial charge is 0.410 e. The Bertz CT molecular complexity index is 666. The van der Waals surface area contributed by atoms with E-state index in [4.69, 9.17) is 10.5 Å². The van der Waals surface area contributed by atoms with Gasteiger partial charge in [-0.1, -0.05) is 13.3 Å². The largest absolute Gasteiger partial charge is 0.444 e. The van der Waals surface area contributed by atoms with Crippen molar-refractivity contribution in [1.82, 2.24) is 19.8 Å². The molecule has 0 aromatic carbocycles. The molecule has 2 heterocycles. The summed E-state index contributed by atoms with van der Waals surface area (Å²) in [5, 5.41) is 3.42. The number of aromatic nitrogens is 2. The number of nitrogens with one attached hydrogen (secondary N) is 1. The fourth-order valence-electron chi connectivity index (χ4n) is 3.41. The third-order valence-corrected chi connectivity index (χ3v) is 4.98. The Labute approximate surface area is 175 Å². The molecule has 8 heteroatoms. The number of hydrogen-bond donors (Lipinski definition) is 2. The summed E-state index contributed by atoms with van der Waals surface area (Å²) in [4.78, 5) is 25.1. The van der Waals surface area contributed by atoms with Crippen molar-refractivity contribution in [3.63, 3.8) is 0 Å². The van der Waals surface area contributed by atoms with Gasteiger partial charge in [-0.3, -0.25) is 4.90 Å². The van der Waals surface area contributed by atoms with Gasteiger partial charge in [-0.05, 0) is 53.5 Å². The highest BCUT2D eigenvalue weighted by molar-refractivity contribution is 5.68. The van der Waals surface area contributed by atoms with Crippen molar-refractivity contribution in [2.45, 2.75) is 65.9 Å². The molecule has 1 aliphatic heterocycles. The Morgan fingerprint density at radius 2 is 1.86 bits per heavy atom. The van der Waals surface area contributed by atoms with Crippen LogP contribution in [0, 0.1) is 6.92 Å². The lowest BCUT2D eigenvalue weighted by Gasteiger charge is -2.35. The first-order valence-electron chi connectivity index (χ1n) is 10.8. The molecule has 0 atom stereocenters. The molecule has 2 rings (SSSR count). The lowest BCUT2D eigenvalue weighted by atomic mass is 10.1. The molecule has 1 aromatic heterocycles. The molecule has 1 saturated heterocycles. The van der Waals surface area contributed by atoms with Crippen LogP contribution in [0.5, 0.6) is 0 Å². The second-order valence-corrected chi connectivity index (χ2v) is 8.69.